The van der Waals surface area contributed by atoms with Gasteiger partial charge in [0, 0.05) is 26.2 Å². The zero-order valence-corrected chi connectivity index (χ0v) is 17.6. The summed E-state index contributed by atoms with van der Waals surface area (Å²) in [6, 6.07) is 9.51. The van der Waals surface area contributed by atoms with E-state index >= 15 is 0 Å². The lowest BCUT2D eigenvalue weighted by atomic mass is 10.2. The molecule has 2 aromatic heterocycles. The third kappa shape index (κ3) is 3.64. The minimum atomic E-state index is -3.47. The summed E-state index contributed by atoms with van der Waals surface area (Å²) in [5, 5.41) is 12.4. The number of nitrogens with zero attached hydrogens (tertiary/aromatic N) is 4. The molecule has 0 N–H and O–H groups in total. The fourth-order valence-electron chi connectivity index (χ4n) is 3.19. The second-order valence-corrected chi connectivity index (χ2v) is 10.3. The molecule has 142 valence electrons. The van der Waals surface area contributed by atoms with Gasteiger partial charge in [0.15, 0.2) is 5.01 Å². The molecule has 0 amide bonds. The maximum Gasteiger partial charge on any atom is 0.243 e. The highest BCUT2D eigenvalue weighted by atomic mass is 32.2. The molecular weight excluding hydrogens is 400 g/mol. The predicted octanol–water partition coefficient (Wildman–Crippen LogP) is 3.39. The normalized spacial score (nSPS) is 16.0. The Labute approximate surface area is 167 Å². The lowest BCUT2D eigenvalue weighted by Crippen LogP contribution is -2.48. The quantitative estimate of drug-likeness (QED) is 0.647. The van der Waals surface area contributed by atoms with E-state index in [9.17, 15) is 8.42 Å². The van der Waals surface area contributed by atoms with Crippen molar-refractivity contribution in [3.63, 3.8) is 0 Å². The van der Waals surface area contributed by atoms with E-state index in [0.717, 1.165) is 26.1 Å². The van der Waals surface area contributed by atoms with Crippen molar-refractivity contribution < 1.29 is 8.42 Å². The van der Waals surface area contributed by atoms with Crippen LogP contribution in [0.1, 0.15) is 11.1 Å². The van der Waals surface area contributed by atoms with Crippen LogP contribution in [0.3, 0.4) is 0 Å². The second kappa shape index (κ2) is 7.31. The SMILES string of the molecule is Cc1ccc(S(=O)(=O)N2CCN(c3nnc(-c4cccs4)s3)CC2)c(C)c1. The van der Waals surface area contributed by atoms with Gasteiger partial charge >= 0.3 is 0 Å². The van der Waals surface area contributed by atoms with E-state index in [1.165, 1.54) is 0 Å². The highest BCUT2D eigenvalue weighted by molar-refractivity contribution is 7.89. The smallest absolute Gasteiger partial charge is 0.243 e. The summed E-state index contributed by atoms with van der Waals surface area (Å²) in [6.07, 6.45) is 0. The number of thiophene rings is 1. The number of benzene rings is 1. The molecule has 1 saturated heterocycles. The molecule has 0 spiro atoms. The number of aromatic nitrogens is 2. The molecule has 0 unspecified atom stereocenters. The Morgan fingerprint density at radius 3 is 2.48 bits per heavy atom. The summed E-state index contributed by atoms with van der Waals surface area (Å²) in [7, 11) is -3.47. The van der Waals surface area contributed by atoms with Gasteiger partial charge in [-0.15, -0.1) is 21.5 Å². The van der Waals surface area contributed by atoms with Gasteiger partial charge in [-0.25, -0.2) is 8.42 Å². The van der Waals surface area contributed by atoms with Crippen molar-refractivity contribution in [3.8, 4) is 9.88 Å². The number of aryl methyl sites for hydroxylation is 2. The van der Waals surface area contributed by atoms with Gasteiger partial charge in [-0.3, -0.25) is 0 Å². The maximum absolute atomic E-state index is 13.0. The molecule has 9 heteroatoms. The van der Waals surface area contributed by atoms with Gasteiger partial charge in [0.25, 0.3) is 0 Å². The van der Waals surface area contributed by atoms with Gasteiger partial charge < -0.3 is 4.90 Å². The maximum atomic E-state index is 13.0. The predicted molar refractivity (Wildman–Crippen MR) is 110 cm³/mol. The molecule has 27 heavy (non-hydrogen) atoms. The number of sulfonamides is 1. The monoisotopic (exact) mass is 420 g/mol. The molecule has 3 aromatic rings. The fraction of sp³-hybridized carbons (Fsp3) is 0.333. The zero-order valence-electron chi connectivity index (χ0n) is 15.1. The van der Waals surface area contributed by atoms with Crippen LogP contribution in [-0.2, 0) is 10.0 Å². The molecule has 1 aliphatic rings. The third-order valence-electron chi connectivity index (χ3n) is 4.60. The van der Waals surface area contributed by atoms with Crippen molar-refractivity contribution in [3.05, 3.63) is 46.8 Å². The minimum Gasteiger partial charge on any atom is -0.344 e. The van der Waals surface area contributed by atoms with Crippen LogP contribution in [0.2, 0.25) is 0 Å². The van der Waals surface area contributed by atoms with Crippen molar-refractivity contribution in [2.45, 2.75) is 18.7 Å². The van der Waals surface area contributed by atoms with Crippen LogP contribution in [0.5, 0.6) is 0 Å². The molecular formula is C18H20N4O2S3. The summed E-state index contributed by atoms with van der Waals surface area (Å²) >= 11 is 3.19. The Morgan fingerprint density at radius 1 is 1.04 bits per heavy atom. The molecule has 4 rings (SSSR count). The Morgan fingerprint density at radius 2 is 1.81 bits per heavy atom. The average Bonchev–Trinajstić information content (AvgIpc) is 3.33. The van der Waals surface area contributed by atoms with Crippen molar-refractivity contribution in [1.29, 1.82) is 0 Å². The average molecular weight is 421 g/mol. The summed E-state index contributed by atoms with van der Waals surface area (Å²) in [6.45, 7) is 5.94. The van der Waals surface area contributed by atoms with Gasteiger partial charge in [0.05, 0.1) is 9.77 Å². The van der Waals surface area contributed by atoms with E-state index in [0.29, 0.717) is 31.1 Å². The first-order chi connectivity index (χ1) is 12.9. The van der Waals surface area contributed by atoms with Crippen LogP contribution in [-0.4, -0.2) is 49.1 Å². The molecule has 1 aliphatic heterocycles. The van der Waals surface area contributed by atoms with Crippen molar-refractivity contribution in [2.75, 3.05) is 31.1 Å². The molecule has 3 heterocycles. The van der Waals surface area contributed by atoms with Crippen LogP contribution in [0, 0.1) is 13.8 Å². The van der Waals surface area contributed by atoms with E-state index in [4.69, 9.17) is 0 Å². The number of hydrogen-bond donors (Lipinski definition) is 0. The lowest BCUT2D eigenvalue weighted by Gasteiger charge is -2.33. The van der Waals surface area contributed by atoms with Gasteiger partial charge in [0.1, 0.15) is 0 Å². The lowest BCUT2D eigenvalue weighted by molar-refractivity contribution is 0.384. The Hall–Kier alpha value is -1.81. The van der Waals surface area contributed by atoms with Gasteiger partial charge in [-0.1, -0.05) is 35.1 Å². The molecule has 6 nitrogen and oxygen atoms in total. The Bertz CT molecular complexity index is 1040. The minimum absolute atomic E-state index is 0.400. The van der Waals surface area contributed by atoms with E-state index in [-0.39, 0.29) is 0 Å². The molecule has 1 fully saturated rings. The molecule has 1 aromatic carbocycles. The van der Waals surface area contributed by atoms with E-state index in [2.05, 4.69) is 15.1 Å². The number of anilines is 1. The van der Waals surface area contributed by atoms with Crippen LogP contribution in [0.4, 0.5) is 5.13 Å². The van der Waals surface area contributed by atoms with Crippen molar-refractivity contribution in [1.82, 2.24) is 14.5 Å². The van der Waals surface area contributed by atoms with E-state index in [1.807, 2.05) is 43.5 Å². The second-order valence-electron chi connectivity index (χ2n) is 6.53. The van der Waals surface area contributed by atoms with Crippen molar-refractivity contribution >= 4 is 37.8 Å². The largest absolute Gasteiger partial charge is 0.344 e. The molecule has 0 atom stereocenters. The van der Waals surface area contributed by atoms with Crippen LogP contribution < -0.4 is 4.90 Å². The highest BCUT2D eigenvalue weighted by Gasteiger charge is 2.30. The number of hydrogen-bond acceptors (Lipinski definition) is 7. The summed E-state index contributed by atoms with van der Waals surface area (Å²) in [4.78, 5) is 3.62. The molecule has 0 bridgehead atoms. The first kappa shape index (κ1) is 18.5. The van der Waals surface area contributed by atoms with Gasteiger partial charge in [-0.2, -0.15) is 4.31 Å². The van der Waals surface area contributed by atoms with Gasteiger partial charge in [-0.05, 0) is 36.9 Å². The van der Waals surface area contributed by atoms with E-state index < -0.39 is 10.0 Å². The molecule has 0 saturated carbocycles. The topological polar surface area (TPSA) is 66.4 Å². The van der Waals surface area contributed by atoms with Crippen molar-refractivity contribution in [2.24, 2.45) is 0 Å². The molecule has 0 radical (unpaired) electrons. The first-order valence-corrected chi connectivity index (χ1v) is 11.8. The number of piperazine rings is 1. The van der Waals surface area contributed by atoms with Gasteiger partial charge in [0.2, 0.25) is 15.2 Å². The third-order valence-corrected chi connectivity index (χ3v) is 8.69. The summed E-state index contributed by atoms with van der Waals surface area (Å²) in [5.41, 5.74) is 1.86. The Balaban J connectivity index is 1.47. The highest BCUT2D eigenvalue weighted by Crippen LogP contribution is 2.32. The van der Waals surface area contributed by atoms with Crippen LogP contribution in [0.15, 0.2) is 40.6 Å². The summed E-state index contributed by atoms with van der Waals surface area (Å²) < 4.78 is 27.6. The zero-order chi connectivity index (χ0) is 19.0. The van der Waals surface area contributed by atoms with Crippen LogP contribution >= 0.6 is 22.7 Å². The van der Waals surface area contributed by atoms with Crippen LogP contribution in [0.25, 0.3) is 9.88 Å². The van der Waals surface area contributed by atoms with E-state index in [1.54, 1.807) is 33.0 Å². The fourth-order valence-corrected chi connectivity index (χ4v) is 6.51. The molecule has 0 aliphatic carbocycles. The summed E-state index contributed by atoms with van der Waals surface area (Å²) in [5.74, 6) is 0. The Kier molecular flexibility index (Phi) is 5.02. The number of rotatable bonds is 4. The standard InChI is InChI=1S/C18H20N4O2S3/c1-13-5-6-16(14(2)12-13)27(23,24)22-9-7-21(8-10-22)18-20-19-17(26-18)15-4-3-11-25-15/h3-6,11-12H,7-10H2,1-2H3. The first-order valence-electron chi connectivity index (χ1n) is 8.65.